The van der Waals surface area contributed by atoms with Crippen molar-refractivity contribution in [2.45, 2.75) is 44.4 Å². The van der Waals surface area contributed by atoms with Crippen molar-refractivity contribution in [3.63, 3.8) is 0 Å². The SMILES string of the molecule is CCCCOc1ccc(S(=O)(=O)N2CCN(c3ccccc3)CC2)cc1C(C)C. The van der Waals surface area contributed by atoms with Crippen LogP contribution in [-0.2, 0) is 10.0 Å². The molecule has 0 aliphatic carbocycles. The number of rotatable bonds is 8. The third kappa shape index (κ3) is 5.11. The molecule has 2 aromatic carbocycles. The molecule has 1 heterocycles. The average Bonchev–Trinajstić information content (AvgIpc) is 2.74. The van der Waals surface area contributed by atoms with E-state index < -0.39 is 10.0 Å². The molecule has 0 N–H and O–H groups in total. The molecule has 5 nitrogen and oxygen atoms in total. The van der Waals surface area contributed by atoms with Gasteiger partial charge in [0.1, 0.15) is 5.75 Å². The van der Waals surface area contributed by atoms with Crippen LogP contribution < -0.4 is 9.64 Å². The predicted molar refractivity (Wildman–Crippen MR) is 118 cm³/mol. The van der Waals surface area contributed by atoms with Gasteiger partial charge in [-0.2, -0.15) is 4.31 Å². The van der Waals surface area contributed by atoms with Crippen molar-refractivity contribution < 1.29 is 13.2 Å². The molecule has 29 heavy (non-hydrogen) atoms. The lowest BCUT2D eigenvalue weighted by Crippen LogP contribution is -2.48. The van der Waals surface area contributed by atoms with Crippen LogP contribution in [-0.4, -0.2) is 45.5 Å². The second-order valence-electron chi connectivity index (χ2n) is 7.78. The molecular formula is C23H32N2O3S. The first kappa shape index (κ1) is 21.7. The summed E-state index contributed by atoms with van der Waals surface area (Å²) in [5.74, 6) is 0.984. The van der Waals surface area contributed by atoms with Crippen molar-refractivity contribution >= 4 is 15.7 Å². The molecular weight excluding hydrogens is 384 g/mol. The van der Waals surface area contributed by atoms with E-state index in [4.69, 9.17) is 4.74 Å². The highest BCUT2D eigenvalue weighted by Crippen LogP contribution is 2.31. The monoisotopic (exact) mass is 416 g/mol. The molecule has 158 valence electrons. The quantitative estimate of drug-likeness (QED) is 0.595. The molecule has 0 spiro atoms. The lowest BCUT2D eigenvalue weighted by molar-refractivity contribution is 0.305. The number of ether oxygens (including phenoxy) is 1. The summed E-state index contributed by atoms with van der Waals surface area (Å²) in [6, 6.07) is 15.4. The molecule has 0 unspecified atom stereocenters. The van der Waals surface area contributed by atoms with Crippen molar-refractivity contribution in [2.75, 3.05) is 37.7 Å². The fourth-order valence-electron chi connectivity index (χ4n) is 3.57. The number of para-hydroxylation sites is 1. The largest absolute Gasteiger partial charge is 0.493 e. The van der Waals surface area contributed by atoms with Crippen molar-refractivity contribution in [1.82, 2.24) is 4.31 Å². The maximum atomic E-state index is 13.2. The van der Waals surface area contributed by atoms with Crippen molar-refractivity contribution in [2.24, 2.45) is 0 Å². The van der Waals surface area contributed by atoms with Crippen LogP contribution in [0.5, 0.6) is 5.75 Å². The summed E-state index contributed by atoms with van der Waals surface area (Å²) in [6.07, 6.45) is 2.06. The van der Waals surface area contributed by atoms with Gasteiger partial charge in [0.2, 0.25) is 10.0 Å². The van der Waals surface area contributed by atoms with Gasteiger partial charge in [0.05, 0.1) is 11.5 Å². The van der Waals surface area contributed by atoms with E-state index in [1.807, 2.05) is 24.3 Å². The number of anilines is 1. The standard InChI is InChI=1S/C23H32N2O3S/c1-4-5-17-28-23-12-11-21(18-22(23)19(2)3)29(26,27)25-15-13-24(14-16-25)20-9-7-6-8-10-20/h6-12,18-19H,4-5,13-17H2,1-3H3. The average molecular weight is 417 g/mol. The predicted octanol–water partition coefficient (Wildman–Crippen LogP) is 4.50. The first-order valence-corrected chi connectivity index (χ1v) is 11.9. The van der Waals surface area contributed by atoms with Gasteiger partial charge in [-0.05, 0) is 48.2 Å². The zero-order valence-corrected chi connectivity index (χ0v) is 18.5. The third-order valence-electron chi connectivity index (χ3n) is 5.36. The molecule has 0 bridgehead atoms. The molecule has 2 aromatic rings. The van der Waals surface area contributed by atoms with E-state index in [0.29, 0.717) is 37.7 Å². The Hall–Kier alpha value is -2.05. The second-order valence-corrected chi connectivity index (χ2v) is 9.72. The number of hydrogen-bond acceptors (Lipinski definition) is 4. The van der Waals surface area contributed by atoms with Crippen LogP contribution in [0.25, 0.3) is 0 Å². The zero-order chi connectivity index (χ0) is 20.9. The Bertz CT molecular complexity index is 890. The highest BCUT2D eigenvalue weighted by molar-refractivity contribution is 7.89. The first-order chi connectivity index (χ1) is 13.9. The molecule has 1 fully saturated rings. The Morgan fingerprint density at radius 3 is 2.31 bits per heavy atom. The topological polar surface area (TPSA) is 49.9 Å². The van der Waals surface area contributed by atoms with Gasteiger partial charge in [0.25, 0.3) is 0 Å². The number of unbranched alkanes of at least 4 members (excludes halogenated alkanes) is 1. The van der Waals surface area contributed by atoms with Crippen molar-refractivity contribution in [1.29, 1.82) is 0 Å². The van der Waals surface area contributed by atoms with Crippen LogP contribution in [0.15, 0.2) is 53.4 Å². The van der Waals surface area contributed by atoms with Crippen LogP contribution in [0.3, 0.4) is 0 Å². The lowest BCUT2D eigenvalue weighted by atomic mass is 10.0. The third-order valence-corrected chi connectivity index (χ3v) is 7.25. The fourth-order valence-corrected chi connectivity index (χ4v) is 5.03. The van der Waals surface area contributed by atoms with Crippen LogP contribution in [0.1, 0.15) is 45.1 Å². The minimum Gasteiger partial charge on any atom is -0.493 e. The Balaban J connectivity index is 1.74. The minimum atomic E-state index is -3.51. The van der Waals surface area contributed by atoms with E-state index in [9.17, 15) is 8.42 Å². The Labute approximate surface area is 175 Å². The fraction of sp³-hybridized carbons (Fsp3) is 0.478. The number of hydrogen-bond donors (Lipinski definition) is 0. The van der Waals surface area contributed by atoms with Gasteiger partial charge >= 0.3 is 0 Å². The van der Waals surface area contributed by atoms with E-state index in [1.165, 1.54) is 0 Å². The normalized spacial score (nSPS) is 15.7. The zero-order valence-electron chi connectivity index (χ0n) is 17.7. The van der Waals surface area contributed by atoms with Gasteiger partial charge in [-0.1, -0.05) is 45.4 Å². The molecule has 0 amide bonds. The van der Waals surface area contributed by atoms with Gasteiger partial charge in [-0.25, -0.2) is 8.42 Å². The number of benzene rings is 2. The van der Waals surface area contributed by atoms with Crippen LogP contribution in [0.4, 0.5) is 5.69 Å². The molecule has 3 rings (SSSR count). The molecule has 0 atom stereocenters. The molecule has 1 aliphatic heterocycles. The van der Waals surface area contributed by atoms with Crippen LogP contribution >= 0.6 is 0 Å². The van der Waals surface area contributed by atoms with Crippen LogP contribution in [0.2, 0.25) is 0 Å². The van der Waals surface area contributed by atoms with E-state index >= 15 is 0 Å². The van der Waals surface area contributed by atoms with E-state index in [1.54, 1.807) is 16.4 Å². The van der Waals surface area contributed by atoms with Gasteiger partial charge in [-0.15, -0.1) is 0 Å². The molecule has 6 heteroatoms. The number of nitrogens with zero attached hydrogens (tertiary/aromatic N) is 2. The summed E-state index contributed by atoms with van der Waals surface area (Å²) in [4.78, 5) is 2.59. The Morgan fingerprint density at radius 1 is 1.00 bits per heavy atom. The molecule has 0 saturated carbocycles. The Kier molecular flexibility index (Phi) is 7.19. The Morgan fingerprint density at radius 2 is 1.69 bits per heavy atom. The summed E-state index contributed by atoms with van der Waals surface area (Å²) >= 11 is 0. The number of sulfonamides is 1. The highest BCUT2D eigenvalue weighted by atomic mass is 32.2. The summed E-state index contributed by atoms with van der Waals surface area (Å²) < 4.78 is 34.0. The highest BCUT2D eigenvalue weighted by Gasteiger charge is 2.29. The van der Waals surface area contributed by atoms with Gasteiger partial charge < -0.3 is 9.64 Å². The van der Waals surface area contributed by atoms with Crippen LogP contribution in [0, 0.1) is 0 Å². The van der Waals surface area contributed by atoms with E-state index in [2.05, 4.69) is 37.8 Å². The summed E-state index contributed by atoms with van der Waals surface area (Å²) in [5, 5.41) is 0. The van der Waals surface area contributed by atoms with E-state index in [0.717, 1.165) is 29.8 Å². The van der Waals surface area contributed by atoms with Gasteiger partial charge in [0.15, 0.2) is 0 Å². The van der Waals surface area contributed by atoms with E-state index in [-0.39, 0.29) is 5.92 Å². The maximum absolute atomic E-state index is 13.2. The summed E-state index contributed by atoms with van der Waals surface area (Å²) in [5.41, 5.74) is 2.09. The minimum absolute atomic E-state index is 0.191. The van der Waals surface area contributed by atoms with Gasteiger partial charge in [-0.3, -0.25) is 0 Å². The molecule has 0 radical (unpaired) electrons. The molecule has 1 aliphatic rings. The maximum Gasteiger partial charge on any atom is 0.243 e. The van der Waals surface area contributed by atoms with Crippen molar-refractivity contribution in [3.8, 4) is 5.75 Å². The van der Waals surface area contributed by atoms with Gasteiger partial charge in [0, 0.05) is 31.9 Å². The summed E-state index contributed by atoms with van der Waals surface area (Å²) in [7, 11) is -3.51. The molecule has 1 saturated heterocycles. The molecule has 0 aromatic heterocycles. The second kappa shape index (κ2) is 9.63. The number of piperazine rings is 1. The van der Waals surface area contributed by atoms with Crippen molar-refractivity contribution in [3.05, 3.63) is 54.1 Å². The lowest BCUT2D eigenvalue weighted by Gasteiger charge is -2.35. The first-order valence-electron chi connectivity index (χ1n) is 10.5. The smallest absolute Gasteiger partial charge is 0.243 e. The summed E-state index contributed by atoms with van der Waals surface area (Å²) in [6.45, 7) is 9.28.